The molecule has 1 unspecified atom stereocenters. The molecule has 1 aromatic carbocycles. The molecule has 0 aliphatic carbocycles. The molecule has 7 heteroatoms. The number of amides is 1. The van der Waals surface area contributed by atoms with Gasteiger partial charge in [0.2, 0.25) is 5.91 Å². The summed E-state index contributed by atoms with van der Waals surface area (Å²) in [6.45, 7) is 1.69. The third-order valence-electron chi connectivity index (χ3n) is 3.60. The van der Waals surface area contributed by atoms with Gasteiger partial charge in [-0.3, -0.25) is 14.9 Å². The second kappa shape index (κ2) is 5.46. The van der Waals surface area contributed by atoms with Crippen molar-refractivity contribution in [3.05, 3.63) is 27.8 Å². The minimum Gasteiger partial charge on any atom is -0.394 e. The highest BCUT2D eigenvalue weighted by atomic mass is 16.6. The van der Waals surface area contributed by atoms with Gasteiger partial charge in [0.1, 0.15) is 5.69 Å². The van der Waals surface area contributed by atoms with Crippen molar-refractivity contribution in [2.45, 2.75) is 25.8 Å². The van der Waals surface area contributed by atoms with Crippen LogP contribution in [0.3, 0.4) is 0 Å². The van der Waals surface area contributed by atoms with Gasteiger partial charge in [0.15, 0.2) is 0 Å². The number of likely N-dealkylation sites (N-methyl/N-ethyl adjacent to an activating group) is 1. The first-order valence-electron chi connectivity index (χ1n) is 6.39. The van der Waals surface area contributed by atoms with Crippen molar-refractivity contribution in [1.29, 1.82) is 0 Å². The Labute approximate surface area is 116 Å². The van der Waals surface area contributed by atoms with E-state index in [9.17, 15) is 20.0 Å². The average Bonchev–Trinajstić information content (AvgIpc) is 2.44. The summed E-state index contributed by atoms with van der Waals surface area (Å²) < 4.78 is 0. The van der Waals surface area contributed by atoms with Crippen LogP contribution < -0.4 is 10.2 Å². The van der Waals surface area contributed by atoms with E-state index in [0.29, 0.717) is 24.2 Å². The number of carbonyl (C=O) groups is 1. The second-order valence-electron chi connectivity index (χ2n) is 4.95. The van der Waals surface area contributed by atoms with Crippen LogP contribution in [-0.2, 0) is 11.2 Å². The number of anilines is 2. The number of aliphatic hydroxyl groups is 1. The highest BCUT2D eigenvalue weighted by Crippen LogP contribution is 2.36. The van der Waals surface area contributed by atoms with E-state index in [4.69, 9.17) is 0 Å². The lowest BCUT2D eigenvalue weighted by molar-refractivity contribution is -0.384. The van der Waals surface area contributed by atoms with E-state index in [-0.39, 0.29) is 24.2 Å². The molecule has 0 radical (unpaired) electrons. The Bertz CT molecular complexity index is 559. The summed E-state index contributed by atoms with van der Waals surface area (Å²) in [4.78, 5) is 23.8. The molecule has 2 rings (SSSR count). The number of aliphatic hydroxyl groups excluding tert-OH is 1. The van der Waals surface area contributed by atoms with Crippen LogP contribution in [0.5, 0.6) is 0 Å². The molecule has 0 saturated heterocycles. The predicted octanol–water partition coefficient (Wildman–Crippen LogP) is 1.30. The largest absolute Gasteiger partial charge is 0.394 e. The minimum absolute atomic E-state index is 0.0752. The van der Waals surface area contributed by atoms with Gasteiger partial charge in [-0.2, -0.15) is 0 Å². The maximum absolute atomic E-state index is 11.4. The summed E-state index contributed by atoms with van der Waals surface area (Å²) in [6, 6.07) is 2.88. The molecule has 108 valence electrons. The normalized spacial score (nSPS) is 15.2. The Kier molecular flexibility index (Phi) is 3.89. The average molecular weight is 279 g/mol. The van der Waals surface area contributed by atoms with Crippen LogP contribution >= 0.6 is 0 Å². The van der Waals surface area contributed by atoms with Crippen LogP contribution in [-0.4, -0.2) is 35.6 Å². The van der Waals surface area contributed by atoms with Crippen molar-refractivity contribution in [2.75, 3.05) is 23.9 Å². The van der Waals surface area contributed by atoms with E-state index in [2.05, 4.69) is 5.32 Å². The lowest BCUT2D eigenvalue weighted by Gasteiger charge is -2.27. The third kappa shape index (κ3) is 2.57. The first-order chi connectivity index (χ1) is 9.43. The van der Waals surface area contributed by atoms with E-state index in [1.165, 1.54) is 6.07 Å². The highest BCUT2D eigenvalue weighted by Gasteiger charge is 2.25. The van der Waals surface area contributed by atoms with Gasteiger partial charge in [-0.05, 0) is 25.0 Å². The summed E-state index contributed by atoms with van der Waals surface area (Å²) >= 11 is 0. The molecule has 1 atom stereocenters. The molecule has 1 aromatic rings. The van der Waals surface area contributed by atoms with Gasteiger partial charge in [0, 0.05) is 25.6 Å². The first-order valence-corrected chi connectivity index (χ1v) is 6.39. The molecular formula is C13H17N3O4. The van der Waals surface area contributed by atoms with Crippen molar-refractivity contribution >= 4 is 23.0 Å². The molecule has 1 aliphatic heterocycles. The first kappa shape index (κ1) is 14.3. The summed E-state index contributed by atoms with van der Waals surface area (Å²) in [7, 11) is 1.71. The number of carbonyl (C=O) groups excluding carboxylic acids is 1. The SMILES string of the molecule is CC(CO)N(C)c1cc2c(cc1[N+](=O)[O-])NC(=O)CC2. The van der Waals surface area contributed by atoms with E-state index in [1.54, 1.807) is 24.9 Å². The fourth-order valence-electron chi connectivity index (χ4n) is 2.19. The van der Waals surface area contributed by atoms with Gasteiger partial charge in [0.25, 0.3) is 5.69 Å². The van der Waals surface area contributed by atoms with Gasteiger partial charge in [0.05, 0.1) is 17.2 Å². The molecule has 20 heavy (non-hydrogen) atoms. The summed E-state index contributed by atoms with van der Waals surface area (Å²) in [5.74, 6) is -0.128. The van der Waals surface area contributed by atoms with Gasteiger partial charge in [-0.1, -0.05) is 0 Å². The molecule has 1 aliphatic rings. The van der Waals surface area contributed by atoms with Crippen LogP contribution in [0.4, 0.5) is 17.1 Å². The van der Waals surface area contributed by atoms with E-state index in [0.717, 1.165) is 5.56 Å². The standard InChI is InChI=1S/C13H17N3O4/c1-8(7-17)15(2)11-5-9-3-4-13(18)14-10(9)6-12(11)16(19)20/h5-6,8,17H,3-4,7H2,1-2H3,(H,14,18). The number of hydrogen-bond donors (Lipinski definition) is 2. The molecule has 0 spiro atoms. The maximum atomic E-state index is 11.4. The molecule has 7 nitrogen and oxygen atoms in total. The molecule has 0 aromatic heterocycles. The van der Waals surface area contributed by atoms with Gasteiger partial charge in [-0.15, -0.1) is 0 Å². The number of nitro groups is 1. The van der Waals surface area contributed by atoms with Crippen molar-refractivity contribution in [3.8, 4) is 0 Å². The number of nitrogens with zero attached hydrogens (tertiary/aromatic N) is 2. The van der Waals surface area contributed by atoms with Gasteiger partial charge >= 0.3 is 0 Å². The Morgan fingerprint density at radius 1 is 1.50 bits per heavy atom. The molecule has 0 fully saturated rings. The molecule has 2 N–H and O–H groups in total. The number of nitrogens with one attached hydrogen (secondary N) is 1. The maximum Gasteiger partial charge on any atom is 0.294 e. The van der Waals surface area contributed by atoms with Crippen LogP contribution in [0, 0.1) is 10.1 Å². The minimum atomic E-state index is -0.475. The van der Waals surface area contributed by atoms with Crippen molar-refractivity contribution < 1.29 is 14.8 Å². The number of fused-ring (bicyclic) bond motifs is 1. The molecule has 1 heterocycles. The molecule has 0 bridgehead atoms. The predicted molar refractivity (Wildman–Crippen MR) is 75.0 cm³/mol. The summed E-state index contributed by atoms with van der Waals surface area (Å²) in [6.07, 6.45) is 0.941. The van der Waals surface area contributed by atoms with Crippen molar-refractivity contribution in [3.63, 3.8) is 0 Å². The summed E-state index contributed by atoms with van der Waals surface area (Å²) in [5.41, 5.74) is 1.75. The van der Waals surface area contributed by atoms with Gasteiger partial charge in [-0.25, -0.2) is 0 Å². The Balaban J connectivity index is 2.50. The second-order valence-corrected chi connectivity index (χ2v) is 4.95. The monoisotopic (exact) mass is 279 g/mol. The molecular weight excluding hydrogens is 262 g/mol. The van der Waals surface area contributed by atoms with E-state index in [1.807, 2.05) is 0 Å². The zero-order chi connectivity index (χ0) is 14.9. The van der Waals surface area contributed by atoms with Crippen molar-refractivity contribution in [2.24, 2.45) is 0 Å². The van der Waals surface area contributed by atoms with Crippen LogP contribution in [0.2, 0.25) is 0 Å². The number of nitro benzene ring substituents is 1. The zero-order valence-corrected chi connectivity index (χ0v) is 11.4. The molecule has 1 amide bonds. The Hall–Kier alpha value is -2.15. The zero-order valence-electron chi connectivity index (χ0n) is 11.4. The van der Waals surface area contributed by atoms with Crippen LogP contribution in [0.1, 0.15) is 18.9 Å². The quantitative estimate of drug-likeness (QED) is 0.639. The van der Waals surface area contributed by atoms with E-state index < -0.39 is 4.92 Å². The van der Waals surface area contributed by atoms with Gasteiger partial charge < -0.3 is 15.3 Å². The Morgan fingerprint density at radius 3 is 2.80 bits per heavy atom. The van der Waals surface area contributed by atoms with Crippen LogP contribution in [0.25, 0.3) is 0 Å². The molecule has 0 saturated carbocycles. The van der Waals surface area contributed by atoms with E-state index >= 15 is 0 Å². The third-order valence-corrected chi connectivity index (χ3v) is 3.60. The Morgan fingerprint density at radius 2 is 2.20 bits per heavy atom. The summed E-state index contributed by atoms with van der Waals surface area (Å²) in [5, 5.41) is 23.1. The lowest BCUT2D eigenvalue weighted by Crippen LogP contribution is -2.32. The smallest absolute Gasteiger partial charge is 0.294 e. The fourth-order valence-corrected chi connectivity index (χ4v) is 2.19. The van der Waals surface area contributed by atoms with Crippen molar-refractivity contribution in [1.82, 2.24) is 0 Å². The number of rotatable bonds is 4. The fraction of sp³-hybridized carbons (Fsp3) is 0.462. The number of hydrogen-bond acceptors (Lipinski definition) is 5. The lowest BCUT2D eigenvalue weighted by atomic mass is 10.0. The topological polar surface area (TPSA) is 95.7 Å². The number of aryl methyl sites for hydroxylation is 1. The van der Waals surface area contributed by atoms with Crippen LogP contribution in [0.15, 0.2) is 12.1 Å². The highest BCUT2D eigenvalue weighted by molar-refractivity contribution is 5.95. The number of benzene rings is 1.